The van der Waals surface area contributed by atoms with E-state index in [0.717, 1.165) is 58.0 Å². The SMILES string of the molecule is CCC(C)c1c(-c2cccc(Cc3cccc(-c4[n-]c5ccccc5c4C(C)CC)n3)n2)[n-]c2ccccc12.[Pt+2]. The van der Waals surface area contributed by atoms with Gasteiger partial charge < -0.3 is 9.97 Å². The van der Waals surface area contributed by atoms with Crippen molar-refractivity contribution in [2.24, 2.45) is 0 Å². The summed E-state index contributed by atoms with van der Waals surface area (Å²) in [4.78, 5) is 20.2. The summed E-state index contributed by atoms with van der Waals surface area (Å²) in [5.74, 6) is 0.812. The van der Waals surface area contributed by atoms with Crippen LogP contribution in [-0.2, 0) is 27.5 Å². The van der Waals surface area contributed by atoms with Crippen molar-refractivity contribution >= 4 is 21.8 Å². The Hall–Kier alpha value is -3.49. The molecule has 0 aliphatic heterocycles. The maximum atomic E-state index is 5.09. The fraction of sp³-hybridized carbons (Fsp3) is 0.257. The van der Waals surface area contributed by atoms with Gasteiger partial charge in [0, 0.05) is 29.2 Å². The van der Waals surface area contributed by atoms with Gasteiger partial charge in [-0.1, -0.05) is 99.5 Å². The molecule has 2 aromatic carbocycles. The molecule has 6 rings (SSSR count). The standard InChI is InChI=1S/C35H34N4.Pt/c1-5-22(3)32-26-15-7-9-17-28(26)38-34(32)30-19-11-13-24(36-30)21-25-14-12-20-31(37-25)35-33(23(4)6-2)27-16-8-10-18-29(27)39-35;/h7-20,22-23H,5-6,21H2,1-4H3;/q-2;+2. The Morgan fingerprint density at radius 1 is 0.575 bits per heavy atom. The molecule has 0 fully saturated rings. The third kappa shape index (κ3) is 5.18. The molecule has 5 heteroatoms. The van der Waals surface area contributed by atoms with Crippen molar-refractivity contribution in [2.45, 2.75) is 58.8 Å². The van der Waals surface area contributed by atoms with Crippen LogP contribution in [0.2, 0.25) is 0 Å². The second kappa shape index (κ2) is 11.9. The summed E-state index contributed by atoms with van der Waals surface area (Å²) in [6, 6.07) is 29.4. The zero-order valence-electron chi connectivity index (χ0n) is 23.5. The number of rotatable bonds is 8. The van der Waals surface area contributed by atoms with Gasteiger partial charge in [-0.3, -0.25) is 9.97 Å². The summed E-state index contributed by atoms with van der Waals surface area (Å²) in [6.45, 7) is 9.02. The number of fused-ring (bicyclic) bond motifs is 2. The van der Waals surface area contributed by atoms with Crippen molar-refractivity contribution in [2.75, 3.05) is 0 Å². The third-order valence-corrected chi connectivity index (χ3v) is 8.03. The van der Waals surface area contributed by atoms with Gasteiger partial charge in [0.2, 0.25) is 0 Å². The van der Waals surface area contributed by atoms with Crippen LogP contribution in [0.4, 0.5) is 0 Å². The van der Waals surface area contributed by atoms with Crippen LogP contribution < -0.4 is 9.97 Å². The number of aromatic nitrogens is 4. The Labute approximate surface area is 250 Å². The minimum atomic E-state index is 0. The van der Waals surface area contributed by atoms with Gasteiger partial charge in [-0.05, 0) is 59.7 Å². The number of nitrogens with zero attached hydrogens (tertiary/aromatic N) is 4. The molecule has 4 heterocycles. The second-order valence-electron chi connectivity index (χ2n) is 10.6. The van der Waals surface area contributed by atoms with Crippen LogP contribution in [0.25, 0.3) is 44.6 Å². The van der Waals surface area contributed by atoms with E-state index in [-0.39, 0.29) is 21.1 Å². The molecule has 0 aliphatic carbocycles. The zero-order chi connectivity index (χ0) is 26.9. The molecule has 0 spiro atoms. The number of para-hydroxylation sites is 2. The summed E-state index contributed by atoms with van der Waals surface area (Å²) < 4.78 is 0. The van der Waals surface area contributed by atoms with Crippen molar-refractivity contribution < 1.29 is 21.1 Å². The van der Waals surface area contributed by atoms with E-state index >= 15 is 0 Å². The molecule has 0 saturated heterocycles. The van der Waals surface area contributed by atoms with Crippen LogP contribution >= 0.6 is 0 Å². The molecule has 204 valence electrons. The minimum Gasteiger partial charge on any atom is -0.655 e. The van der Waals surface area contributed by atoms with Crippen molar-refractivity contribution in [3.05, 3.63) is 107 Å². The van der Waals surface area contributed by atoms with E-state index in [1.807, 2.05) is 0 Å². The molecule has 2 unspecified atom stereocenters. The van der Waals surface area contributed by atoms with Crippen molar-refractivity contribution in [3.63, 3.8) is 0 Å². The Balaban J connectivity index is 0.00000323. The first-order valence-corrected chi connectivity index (χ1v) is 14.1. The topological polar surface area (TPSA) is 54.0 Å². The van der Waals surface area contributed by atoms with Crippen molar-refractivity contribution in [1.29, 1.82) is 0 Å². The number of hydrogen-bond acceptors (Lipinski definition) is 2. The Bertz CT molecular complexity index is 1630. The van der Waals surface area contributed by atoms with Crippen LogP contribution in [0.1, 0.15) is 74.9 Å². The molecule has 0 N–H and O–H groups in total. The van der Waals surface area contributed by atoms with E-state index in [0.29, 0.717) is 18.3 Å². The quantitative estimate of drug-likeness (QED) is 0.159. The monoisotopic (exact) mass is 705 g/mol. The fourth-order valence-corrected chi connectivity index (χ4v) is 5.62. The molecule has 0 bridgehead atoms. The molecule has 6 aromatic rings. The van der Waals surface area contributed by atoms with Crippen LogP contribution in [0.5, 0.6) is 0 Å². The molecule has 40 heavy (non-hydrogen) atoms. The third-order valence-electron chi connectivity index (χ3n) is 8.03. The first-order valence-electron chi connectivity index (χ1n) is 14.1. The minimum absolute atomic E-state index is 0. The first-order chi connectivity index (χ1) is 19.1. The summed E-state index contributed by atoms with van der Waals surface area (Å²) >= 11 is 0. The normalized spacial score (nSPS) is 12.9. The fourth-order valence-electron chi connectivity index (χ4n) is 5.62. The number of benzene rings is 2. The van der Waals surface area contributed by atoms with Crippen molar-refractivity contribution in [1.82, 2.24) is 19.9 Å². The summed E-state index contributed by atoms with van der Waals surface area (Å²) in [5.41, 5.74) is 10.5. The van der Waals surface area contributed by atoms with Gasteiger partial charge >= 0.3 is 21.1 Å². The smallest absolute Gasteiger partial charge is 0.655 e. The maximum Gasteiger partial charge on any atom is 2.00 e. The Kier molecular flexibility index (Phi) is 8.37. The van der Waals surface area contributed by atoms with Gasteiger partial charge in [-0.2, -0.15) is 0 Å². The maximum absolute atomic E-state index is 5.09. The van der Waals surface area contributed by atoms with E-state index in [9.17, 15) is 0 Å². The average molecular weight is 706 g/mol. The summed E-state index contributed by atoms with van der Waals surface area (Å²) in [7, 11) is 0. The molecule has 4 nitrogen and oxygen atoms in total. The predicted octanol–water partition coefficient (Wildman–Crippen LogP) is 8.65. The Morgan fingerprint density at radius 3 is 1.43 bits per heavy atom. The molecular formula is C35H34N4Pt. The van der Waals surface area contributed by atoms with Crippen LogP contribution in [-0.4, -0.2) is 9.97 Å². The van der Waals surface area contributed by atoms with Gasteiger partial charge in [0.1, 0.15) is 0 Å². The first kappa shape index (κ1) is 28.1. The van der Waals surface area contributed by atoms with Gasteiger partial charge in [0.05, 0.1) is 0 Å². The van der Waals surface area contributed by atoms with E-state index in [4.69, 9.17) is 19.9 Å². The van der Waals surface area contributed by atoms with E-state index in [1.165, 1.54) is 21.9 Å². The summed E-state index contributed by atoms with van der Waals surface area (Å²) in [5, 5.41) is 2.46. The van der Waals surface area contributed by atoms with Gasteiger partial charge in [0.15, 0.2) is 0 Å². The number of hydrogen-bond donors (Lipinski definition) is 0. The molecular weight excluding hydrogens is 671 g/mol. The van der Waals surface area contributed by atoms with E-state index in [1.54, 1.807) is 0 Å². The predicted molar refractivity (Wildman–Crippen MR) is 161 cm³/mol. The van der Waals surface area contributed by atoms with E-state index in [2.05, 4.69) is 113 Å². The molecule has 0 amide bonds. The van der Waals surface area contributed by atoms with Crippen LogP contribution in [0, 0.1) is 0 Å². The van der Waals surface area contributed by atoms with Crippen LogP contribution in [0.3, 0.4) is 0 Å². The summed E-state index contributed by atoms with van der Waals surface area (Å²) in [6.07, 6.45) is 2.77. The zero-order valence-corrected chi connectivity index (χ0v) is 25.7. The van der Waals surface area contributed by atoms with Crippen molar-refractivity contribution in [3.8, 4) is 22.8 Å². The van der Waals surface area contributed by atoms with Gasteiger partial charge in [0.25, 0.3) is 0 Å². The van der Waals surface area contributed by atoms with Gasteiger partial charge in [-0.15, -0.1) is 22.4 Å². The molecule has 0 radical (unpaired) electrons. The largest absolute Gasteiger partial charge is 2.00 e. The molecule has 0 aliphatic rings. The molecule has 2 atom stereocenters. The van der Waals surface area contributed by atoms with Crippen LogP contribution in [0.15, 0.2) is 84.9 Å². The molecule has 4 aromatic heterocycles. The second-order valence-corrected chi connectivity index (χ2v) is 10.6. The van der Waals surface area contributed by atoms with E-state index < -0.39 is 0 Å². The average Bonchev–Trinajstić information content (AvgIpc) is 3.56. The molecule has 0 saturated carbocycles. The number of pyridine rings is 2. The Morgan fingerprint density at radius 2 is 1.00 bits per heavy atom. The van der Waals surface area contributed by atoms with Gasteiger partial charge in [-0.25, -0.2) is 0 Å².